The van der Waals surface area contributed by atoms with Crippen LogP contribution in [0.15, 0.2) is 23.4 Å². The Balaban J connectivity index is 1.61. The highest BCUT2D eigenvalue weighted by molar-refractivity contribution is 6.44. The zero-order chi connectivity index (χ0) is 28.3. The van der Waals surface area contributed by atoms with Gasteiger partial charge >= 0.3 is 5.97 Å². The number of esters is 1. The number of carbonyl (C=O) groups excluding carboxylic acids is 3. The lowest BCUT2D eigenvalue weighted by Crippen LogP contribution is -2.68. The molecule has 0 radical (unpaired) electrons. The summed E-state index contributed by atoms with van der Waals surface area (Å²) in [5, 5.41) is 0. The Morgan fingerprint density at radius 1 is 1.21 bits per heavy atom. The molecule has 4 fully saturated rings. The van der Waals surface area contributed by atoms with Crippen molar-refractivity contribution in [3.8, 4) is 0 Å². The predicted molar refractivity (Wildman–Crippen MR) is 149 cm³/mol. The minimum Gasteiger partial charge on any atom is -0.469 e. The fourth-order valence-electron chi connectivity index (χ4n) is 10.2. The molecule has 0 N–H and O–H groups in total. The van der Waals surface area contributed by atoms with Gasteiger partial charge in [-0.1, -0.05) is 39.3 Å². The van der Waals surface area contributed by atoms with Gasteiger partial charge in [-0.2, -0.15) is 0 Å². The monoisotopic (exact) mass is 577 g/mol. The maximum atomic E-state index is 14.2. The van der Waals surface area contributed by atoms with E-state index in [9.17, 15) is 14.4 Å². The molecule has 6 rings (SSSR count). The summed E-state index contributed by atoms with van der Waals surface area (Å²) in [6.45, 7) is 10.8. The van der Waals surface area contributed by atoms with E-state index in [4.69, 9.17) is 32.7 Å². The van der Waals surface area contributed by atoms with Crippen LogP contribution in [0.25, 0.3) is 0 Å². The van der Waals surface area contributed by atoms with Crippen LogP contribution in [0.2, 0.25) is 0 Å². The number of alkyl halides is 2. The third-order valence-corrected chi connectivity index (χ3v) is 12.4. The van der Waals surface area contributed by atoms with Gasteiger partial charge in [0.15, 0.2) is 5.78 Å². The summed E-state index contributed by atoms with van der Waals surface area (Å²) in [5.74, 6) is -0.525. The molecule has 10 atom stereocenters. The van der Waals surface area contributed by atoms with E-state index in [-0.39, 0.29) is 54.4 Å². The standard InChI is InChI=1S/C31H41Cl2NO5/c1-16-9-19-18(20(35)10-16)12-21(36)26-28(19,3)14-23-29(4,30(26,5)15-24(37)38-6)7-8-31-13-17(2)11-22(39-31)25(27(32)33)34(23)31/h10,14,17-19,22,25-27H,7-9,11-13,15H2,1-6H3/t17-,18-,19+,22+,25?,26-,28-,29+,30-,31-/m0/s1. The molecule has 0 aromatic heterocycles. The lowest BCUT2D eigenvalue weighted by Gasteiger charge is -2.68. The molecule has 214 valence electrons. The van der Waals surface area contributed by atoms with Gasteiger partial charge in [-0.3, -0.25) is 14.4 Å². The number of hydrogen-bond acceptors (Lipinski definition) is 6. The van der Waals surface area contributed by atoms with Crippen molar-refractivity contribution in [2.75, 3.05) is 7.11 Å². The zero-order valence-corrected chi connectivity index (χ0v) is 25.4. The number of halogens is 2. The number of ketones is 2. The van der Waals surface area contributed by atoms with Gasteiger partial charge in [0.05, 0.1) is 25.7 Å². The molecule has 3 aliphatic carbocycles. The van der Waals surface area contributed by atoms with E-state index in [1.54, 1.807) is 6.08 Å². The highest BCUT2D eigenvalue weighted by Crippen LogP contribution is 2.72. The second-order valence-corrected chi connectivity index (χ2v) is 15.3. The number of carbonyl (C=O) groups is 3. The van der Waals surface area contributed by atoms with E-state index in [0.717, 1.165) is 43.4 Å². The third kappa shape index (κ3) is 3.59. The Kier molecular flexibility index (Phi) is 6.28. The van der Waals surface area contributed by atoms with E-state index < -0.39 is 32.7 Å². The molecular formula is C31H41Cl2NO5. The molecule has 3 saturated heterocycles. The molecule has 2 bridgehead atoms. The summed E-state index contributed by atoms with van der Waals surface area (Å²) >= 11 is 13.5. The molecule has 8 heteroatoms. The van der Waals surface area contributed by atoms with Crippen LogP contribution in [0.4, 0.5) is 0 Å². The molecule has 1 unspecified atom stereocenters. The highest BCUT2D eigenvalue weighted by Gasteiger charge is 2.72. The van der Waals surface area contributed by atoms with Crippen molar-refractivity contribution < 1.29 is 23.9 Å². The van der Waals surface area contributed by atoms with Crippen molar-refractivity contribution in [3.63, 3.8) is 0 Å². The quantitative estimate of drug-likeness (QED) is 0.302. The fourth-order valence-corrected chi connectivity index (χ4v) is 10.7. The van der Waals surface area contributed by atoms with Crippen LogP contribution in [-0.4, -0.2) is 52.3 Å². The van der Waals surface area contributed by atoms with Crippen LogP contribution in [0.3, 0.4) is 0 Å². The molecule has 39 heavy (non-hydrogen) atoms. The molecule has 6 nitrogen and oxygen atoms in total. The van der Waals surface area contributed by atoms with Crippen molar-refractivity contribution in [2.45, 2.75) is 102 Å². The summed E-state index contributed by atoms with van der Waals surface area (Å²) in [6, 6.07) is -0.226. The van der Waals surface area contributed by atoms with Gasteiger partial charge in [0.2, 0.25) is 0 Å². The van der Waals surface area contributed by atoms with Gasteiger partial charge in [-0.25, -0.2) is 0 Å². The minimum absolute atomic E-state index is 0.0346. The molecule has 0 amide bonds. The number of allylic oxidation sites excluding steroid dienone is 4. The Morgan fingerprint density at radius 3 is 2.59 bits per heavy atom. The lowest BCUT2D eigenvalue weighted by atomic mass is 9.38. The number of fused-ring (bicyclic) bond motifs is 6. The van der Waals surface area contributed by atoms with Crippen molar-refractivity contribution in [1.82, 2.24) is 4.90 Å². The van der Waals surface area contributed by atoms with Crippen molar-refractivity contribution in [1.29, 1.82) is 0 Å². The summed E-state index contributed by atoms with van der Waals surface area (Å²) in [4.78, 5) is 42.3. The maximum absolute atomic E-state index is 14.2. The average Bonchev–Trinajstić information content (AvgIpc) is 3.08. The molecule has 0 aromatic carbocycles. The first-order valence-corrected chi connectivity index (χ1v) is 15.4. The van der Waals surface area contributed by atoms with Gasteiger partial charge in [0.1, 0.15) is 16.3 Å². The van der Waals surface area contributed by atoms with Crippen LogP contribution >= 0.6 is 23.2 Å². The fraction of sp³-hybridized carbons (Fsp3) is 0.774. The first-order chi connectivity index (χ1) is 18.2. The van der Waals surface area contributed by atoms with E-state index in [1.807, 2.05) is 6.92 Å². The van der Waals surface area contributed by atoms with E-state index in [2.05, 4.69) is 38.7 Å². The second kappa shape index (κ2) is 8.82. The molecule has 3 heterocycles. The second-order valence-electron chi connectivity index (χ2n) is 14.2. The molecule has 3 aliphatic heterocycles. The Bertz CT molecular complexity index is 1200. The third-order valence-electron chi connectivity index (χ3n) is 11.9. The number of Topliss-reactive ketones (excluding diaryl/α,β-unsaturated/α-hetero) is 1. The number of methoxy groups -OCH3 is 1. The van der Waals surface area contributed by atoms with E-state index in [1.165, 1.54) is 7.11 Å². The molecule has 1 spiro atoms. The number of hydrogen-bond donors (Lipinski definition) is 0. The van der Waals surface area contributed by atoms with E-state index in [0.29, 0.717) is 5.92 Å². The van der Waals surface area contributed by atoms with Gasteiger partial charge in [0.25, 0.3) is 0 Å². The van der Waals surface area contributed by atoms with Crippen LogP contribution < -0.4 is 0 Å². The summed E-state index contributed by atoms with van der Waals surface area (Å²) in [7, 11) is 1.41. The smallest absolute Gasteiger partial charge is 0.306 e. The van der Waals surface area contributed by atoms with Crippen LogP contribution in [-0.2, 0) is 23.9 Å². The summed E-state index contributed by atoms with van der Waals surface area (Å²) < 4.78 is 12.1. The topological polar surface area (TPSA) is 72.9 Å². The molecular weight excluding hydrogens is 537 g/mol. The SMILES string of the molecule is COC(=O)C[C@@]1(C)[C@H]2C(=O)C[C@@H]3C(=O)C=C(C)C[C@H]3[C@]2(C)C=C2N3C(C(Cl)Cl)[C@H]4C[C@H](C)C[C@]3(CC[C@]21C)O4. The largest absolute Gasteiger partial charge is 0.469 e. The molecule has 1 saturated carbocycles. The lowest BCUT2D eigenvalue weighted by molar-refractivity contribution is -0.198. The molecule has 0 aromatic rings. The number of piperidine rings is 1. The van der Waals surface area contributed by atoms with Gasteiger partial charge in [0, 0.05) is 34.8 Å². The first-order valence-electron chi connectivity index (χ1n) is 14.5. The summed E-state index contributed by atoms with van der Waals surface area (Å²) in [5.41, 5.74) is -0.269. The Hall–Kier alpha value is -1.37. The molecule has 6 aliphatic rings. The Morgan fingerprint density at radius 2 is 1.92 bits per heavy atom. The highest BCUT2D eigenvalue weighted by atomic mass is 35.5. The van der Waals surface area contributed by atoms with E-state index >= 15 is 0 Å². The predicted octanol–water partition coefficient (Wildman–Crippen LogP) is 6.00. The zero-order valence-electron chi connectivity index (χ0n) is 23.9. The van der Waals surface area contributed by atoms with Crippen molar-refractivity contribution in [2.24, 2.45) is 39.9 Å². The van der Waals surface area contributed by atoms with Crippen LogP contribution in [0.5, 0.6) is 0 Å². The van der Waals surface area contributed by atoms with Crippen LogP contribution in [0, 0.1) is 39.9 Å². The summed E-state index contributed by atoms with van der Waals surface area (Å²) in [6.07, 6.45) is 8.39. The Labute approximate surface area is 241 Å². The van der Waals surface area contributed by atoms with Gasteiger partial charge in [-0.05, 0) is 62.4 Å². The van der Waals surface area contributed by atoms with Crippen molar-refractivity contribution in [3.05, 3.63) is 23.4 Å². The van der Waals surface area contributed by atoms with Gasteiger partial charge in [-0.15, -0.1) is 23.2 Å². The number of rotatable bonds is 3. The average molecular weight is 579 g/mol. The maximum Gasteiger partial charge on any atom is 0.306 e. The minimum atomic E-state index is -0.734. The van der Waals surface area contributed by atoms with Crippen molar-refractivity contribution >= 4 is 40.7 Å². The van der Waals surface area contributed by atoms with Crippen LogP contribution in [0.1, 0.15) is 79.6 Å². The number of ether oxygens (including phenoxy) is 2. The number of nitrogens with zero attached hydrogens (tertiary/aromatic N) is 1. The van der Waals surface area contributed by atoms with Gasteiger partial charge < -0.3 is 14.4 Å². The first kappa shape index (κ1) is 27.8. The normalized spacial score (nSPS) is 48.5.